The van der Waals surface area contributed by atoms with Gasteiger partial charge in [0, 0.05) is 0 Å². The summed E-state index contributed by atoms with van der Waals surface area (Å²) in [6, 6.07) is -0.892. The van der Waals surface area contributed by atoms with Gasteiger partial charge in [-0.1, -0.05) is 244 Å². The van der Waals surface area contributed by atoms with E-state index in [1.807, 2.05) is 0 Å². The van der Waals surface area contributed by atoms with Crippen LogP contribution in [0.15, 0.2) is 12.2 Å². The average molecular weight is 926 g/mol. The number of rotatable bonds is 48. The molecule has 10 heteroatoms. The number of nitrogens with one attached hydrogen (secondary N) is 1. The van der Waals surface area contributed by atoms with E-state index in [4.69, 9.17) is 9.47 Å². The average Bonchev–Trinajstić information content (AvgIpc) is 3.31. The standard InChI is InChI=1S/C55H107NO9/c1-3-5-7-9-11-13-15-17-19-20-21-22-23-24-25-26-27-28-30-32-34-36-38-40-42-44-49(59)54(63)56-47(46-64-55-53(62)52(61)51(60)50(45-57)65-55)48(58)43-41-39-37-35-33-31-29-18-16-14-12-10-8-6-4-2/h24-25,47-53,55,57-62H,3-23,26-46H2,1-2H3,(H,56,63)/b25-24-. The van der Waals surface area contributed by atoms with Gasteiger partial charge in [0.25, 0.3) is 0 Å². The van der Waals surface area contributed by atoms with Gasteiger partial charge in [0.1, 0.15) is 30.5 Å². The Bertz CT molecular complexity index is 1050. The summed E-state index contributed by atoms with van der Waals surface area (Å²) in [6.45, 7) is 3.70. The molecule has 0 aromatic heterocycles. The molecule has 1 fully saturated rings. The zero-order chi connectivity index (χ0) is 47.4. The van der Waals surface area contributed by atoms with Crippen LogP contribution in [0, 0.1) is 0 Å². The van der Waals surface area contributed by atoms with Crippen molar-refractivity contribution in [2.75, 3.05) is 13.2 Å². The number of allylic oxidation sites excluding steroid dienone is 2. The highest BCUT2D eigenvalue weighted by Crippen LogP contribution is 2.23. The number of carbonyl (C=O) groups excluding carboxylic acids is 1. The van der Waals surface area contributed by atoms with E-state index in [9.17, 15) is 35.4 Å². The van der Waals surface area contributed by atoms with Gasteiger partial charge in [-0.15, -0.1) is 0 Å². The first-order chi connectivity index (χ1) is 31.8. The summed E-state index contributed by atoms with van der Waals surface area (Å²) in [6.07, 6.45) is 44.1. The second kappa shape index (κ2) is 45.3. The second-order valence-electron chi connectivity index (χ2n) is 19.9. The molecular weight excluding hydrogens is 819 g/mol. The third-order valence-electron chi connectivity index (χ3n) is 13.7. The number of carbonyl (C=O) groups is 1. The topological polar surface area (TPSA) is 169 Å². The first-order valence-corrected chi connectivity index (χ1v) is 28.0. The molecule has 0 bridgehead atoms. The SMILES string of the molecule is CCCCCCCCCCCCCC/C=C\CCCCCCCCCCCC(O)C(=O)NC(COC1OC(CO)C(O)C(O)C1O)C(O)CCCCCCCCCCCCCCCCC. The molecular formula is C55H107NO9. The van der Waals surface area contributed by atoms with Crippen molar-refractivity contribution in [1.82, 2.24) is 5.32 Å². The largest absolute Gasteiger partial charge is 0.394 e. The van der Waals surface area contributed by atoms with Gasteiger partial charge in [0.15, 0.2) is 6.29 Å². The molecule has 1 saturated heterocycles. The fraction of sp³-hybridized carbons (Fsp3) is 0.945. The van der Waals surface area contributed by atoms with Crippen LogP contribution in [0.1, 0.15) is 271 Å². The van der Waals surface area contributed by atoms with Crippen LogP contribution < -0.4 is 5.32 Å². The maximum Gasteiger partial charge on any atom is 0.249 e. The van der Waals surface area contributed by atoms with Crippen molar-refractivity contribution < 1.29 is 44.9 Å². The summed E-state index contributed by atoms with van der Waals surface area (Å²) < 4.78 is 11.2. The van der Waals surface area contributed by atoms with Crippen molar-refractivity contribution in [3.05, 3.63) is 12.2 Å². The van der Waals surface area contributed by atoms with Gasteiger partial charge in [-0.05, 0) is 38.5 Å². The van der Waals surface area contributed by atoms with Gasteiger partial charge in [0.2, 0.25) is 5.91 Å². The number of ether oxygens (including phenoxy) is 2. The lowest BCUT2D eigenvalue weighted by Crippen LogP contribution is -2.60. The number of amides is 1. The summed E-state index contributed by atoms with van der Waals surface area (Å²) in [5.74, 6) is -0.581. The molecule has 8 unspecified atom stereocenters. The predicted molar refractivity (Wildman–Crippen MR) is 269 cm³/mol. The molecule has 0 aromatic rings. The maximum absolute atomic E-state index is 13.1. The third kappa shape index (κ3) is 34.8. The number of aliphatic hydroxyl groups excluding tert-OH is 6. The lowest BCUT2D eigenvalue weighted by molar-refractivity contribution is -0.302. The summed E-state index contributed by atoms with van der Waals surface area (Å²) in [4.78, 5) is 13.1. The Morgan fingerprint density at radius 3 is 1.25 bits per heavy atom. The Morgan fingerprint density at radius 2 is 0.862 bits per heavy atom. The molecule has 1 heterocycles. The Labute approximate surface area is 399 Å². The molecule has 65 heavy (non-hydrogen) atoms. The van der Waals surface area contributed by atoms with Gasteiger partial charge >= 0.3 is 0 Å². The molecule has 1 rings (SSSR count). The quantitative estimate of drug-likeness (QED) is 0.0232. The molecule has 1 amide bonds. The highest BCUT2D eigenvalue weighted by atomic mass is 16.7. The molecule has 1 aliphatic heterocycles. The van der Waals surface area contributed by atoms with E-state index in [1.165, 1.54) is 193 Å². The molecule has 0 aromatic carbocycles. The van der Waals surface area contributed by atoms with Crippen LogP contribution in [0.3, 0.4) is 0 Å². The van der Waals surface area contributed by atoms with E-state index in [2.05, 4.69) is 31.3 Å². The van der Waals surface area contributed by atoms with Crippen LogP contribution in [-0.4, -0.2) is 98.7 Å². The molecule has 10 nitrogen and oxygen atoms in total. The van der Waals surface area contributed by atoms with Gasteiger partial charge in [-0.2, -0.15) is 0 Å². The third-order valence-corrected chi connectivity index (χ3v) is 13.7. The molecule has 1 aliphatic rings. The minimum Gasteiger partial charge on any atom is -0.394 e. The molecule has 0 saturated carbocycles. The second-order valence-corrected chi connectivity index (χ2v) is 19.9. The molecule has 0 spiro atoms. The van der Waals surface area contributed by atoms with Gasteiger partial charge < -0.3 is 45.4 Å². The first kappa shape index (κ1) is 61.9. The first-order valence-electron chi connectivity index (χ1n) is 28.0. The van der Waals surface area contributed by atoms with Crippen LogP contribution in [0.5, 0.6) is 0 Å². The van der Waals surface area contributed by atoms with Crippen LogP contribution in [-0.2, 0) is 14.3 Å². The number of unbranched alkanes of at least 4 members (excludes halogenated alkanes) is 35. The summed E-state index contributed by atoms with van der Waals surface area (Å²) in [7, 11) is 0. The molecule has 0 radical (unpaired) electrons. The maximum atomic E-state index is 13.1. The fourth-order valence-corrected chi connectivity index (χ4v) is 9.16. The number of hydrogen-bond donors (Lipinski definition) is 7. The van der Waals surface area contributed by atoms with E-state index in [-0.39, 0.29) is 6.61 Å². The number of hydrogen-bond acceptors (Lipinski definition) is 9. The van der Waals surface area contributed by atoms with Gasteiger partial charge in [-0.25, -0.2) is 0 Å². The van der Waals surface area contributed by atoms with E-state index in [0.717, 1.165) is 51.4 Å². The predicted octanol–water partition coefficient (Wildman–Crippen LogP) is 12.2. The highest BCUT2D eigenvalue weighted by molar-refractivity contribution is 5.80. The molecule has 7 N–H and O–H groups in total. The van der Waals surface area contributed by atoms with E-state index in [1.54, 1.807) is 0 Å². The normalized spacial score (nSPS) is 20.4. The van der Waals surface area contributed by atoms with E-state index < -0.39 is 61.5 Å². The monoisotopic (exact) mass is 926 g/mol. The van der Waals surface area contributed by atoms with E-state index >= 15 is 0 Å². The van der Waals surface area contributed by atoms with Crippen LogP contribution in [0.25, 0.3) is 0 Å². The van der Waals surface area contributed by atoms with Crippen molar-refractivity contribution in [2.45, 2.75) is 320 Å². The van der Waals surface area contributed by atoms with Crippen LogP contribution in [0.2, 0.25) is 0 Å². The minimum atomic E-state index is -1.60. The zero-order valence-corrected chi connectivity index (χ0v) is 42.4. The molecule has 8 atom stereocenters. The minimum absolute atomic E-state index is 0.253. The van der Waals surface area contributed by atoms with Crippen molar-refractivity contribution in [2.24, 2.45) is 0 Å². The molecule has 0 aliphatic carbocycles. The smallest absolute Gasteiger partial charge is 0.249 e. The van der Waals surface area contributed by atoms with Crippen molar-refractivity contribution in [3.8, 4) is 0 Å². The van der Waals surface area contributed by atoms with E-state index in [0.29, 0.717) is 12.8 Å². The Kier molecular flexibility index (Phi) is 43.2. The molecule has 386 valence electrons. The van der Waals surface area contributed by atoms with Crippen LogP contribution >= 0.6 is 0 Å². The number of aliphatic hydroxyl groups is 6. The highest BCUT2D eigenvalue weighted by Gasteiger charge is 2.44. The van der Waals surface area contributed by atoms with Crippen molar-refractivity contribution in [1.29, 1.82) is 0 Å². The lowest BCUT2D eigenvalue weighted by atomic mass is 9.99. The van der Waals surface area contributed by atoms with Crippen LogP contribution in [0.4, 0.5) is 0 Å². The van der Waals surface area contributed by atoms with Gasteiger partial charge in [-0.3, -0.25) is 4.79 Å². The Morgan fingerprint density at radius 1 is 0.508 bits per heavy atom. The Hall–Kier alpha value is -1.11. The van der Waals surface area contributed by atoms with Crippen molar-refractivity contribution in [3.63, 3.8) is 0 Å². The fourth-order valence-electron chi connectivity index (χ4n) is 9.16. The van der Waals surface area contributed by atoms with Gasteiger partial charge in [0.05, 0.1) is 25.4 Å². The van der Waals surface area contributed by atoms with Crippen molar-refractivity contribution >= 4 is 5.91 Å². The summed E-state index contributed by atoms with van der Waals surface area (Å²) >= 11 is 0. The summed E-state index contributed by atoms with van der Waals surface area (Å²) in [5, 5.41) is 65.1. The lowest BCUT2D eigenvalue weighted by Gasteiger charge is -2.40. The summed E-state index contributed by atoms with van der Waals surface area (Å²) in [5.41, 5.74) is 0. The Balaban J connectivity index is 2.24. The zero-order valence-electron chi connectivity index (χ0n) is 42.4.